The molecular weight excluding hydrogens is 732 g/mol. The monoisotopic (exact) mass is 776 g/mol. The van der Waals surface area contributed by atoms with Crippen molar-refractivity contribution in [3.63, 3.8) is 0 Å². The zero-order valence-corrected chi connectivity index (χ0v) is 32.1. The van der Waals surface area contributed by atoms with Crippen LogP contribution in [-0.2, 0) is 37.0 Å². The van der Waals surface area contributed by atoms with Gasteiger partial charge in [-0.1, -0.05) is 60.7 Å². The van der Waals surface area contributed by atoms with Crippen molar-refractivity contribution in [1.29, 1.82) is 0 Å². The number of hydrogen-bond donors (Lipinski definition) is 1. The number of nitrogens with zero attached hydrogens (tertiary/aromatic N) is 2. The zero-order chi connectivity index (χ0) is 40.5. The van der Waals surface area contributed by atoms with Gasteiger partial charge in [-0.15, -0.1) is 0 Å². The Morgan fingerprint density at radius 2 is 1.56 bits per heavy atom. The van der Waals surface area contributed by atoms with Gasteiger partial charge in [-0.3, -0.25) is 19.4 Å². The fourth-order valence-electron chi connectivity index (χ4n) is 7.80. The first-order chi connectivity index (χ1) is 27.2. The molecule has 0 spiro atoms. The Bertz CT molecular complexity index is 2260. The van der Waals surface area contributed by atoms with Crippen LogP contribution in [0, 0.1) is 0 Å². The average Bonchev–Trinajstić information content (AvgIpc) is 3.87. The van der Waals surface area contributed by atoms with Gasteiger partial charge in [0.05, 0.1) is 0 Å². The number of benzene rings is 4. The van der Waals surface area contributed by atoms with Gasteiger partial charge >= 0.3 is 24.1 Å². The van der Waals surface area contributed by atoms with Gasteiger partial charge in [0.2, 0.25) is 0 Å². The van der Waals surface area contributed by atoms with Crippen molar-refractivity contribution >= 4 is 46.5 Å². The number of amides is 2. The van der Waals surface area contributed by atoms with Crippen molar-refractivity contribution in [2.45, 2.75) is 83.3 Å². The molecule has 0 aliphatic carbocycles. The molecule has 0 radical (unpaired) electrons. The average molecular weight is 777 g/mol. The smallest absolute Gasteiger partial charge is 0.411 e. The Balaban J connectivity index is 1.02. The Morgan fingerprint density at radius 1 is 0.825 bits per heavy atom. The van der Waals surface area contributed by atoms with Crippen molar-refractivity contribution < 1.29 is 52.8 Å². The Hall–Kier alpha value is -6.24. The second kappa shape index (κ2) is 15.7. The molecule has 3 aliphatic heterocycles. The summed E-state index contributed by atoms with van der Waals surface area (Å²) in [6.07, 6.45) is -0.193. The maximum Gasteiger partial charge on any atom is 0.411 e. The summed E-state index contributed by atoms with van der Waals surface area (Å²) in [7, 11) is 0. The molecule has 3 heterocycles. The van der Waals surface area contributed by atoms with Gasteiger partial charge in [0.15, 0.2) is 23.7 Å². The molecule has 2 amide bonds. The van der Waals surface area contributed by atoms with Crippen LogP contribution in [0.1, 0.15) is 84.7 Å². The number of aliphatic carboxylic acids is 1. The standard InChI is InChI=1S/C44H44N2O11/c1-43(2,3)57-41(52)45-19-7-11-35(45)39(49)55-26-37(48)30-13-15-32-31(22-30)25-54-38-33-16-14-29(21-28(33)12-17-34(32)38)36(47)23-44(40(50)51)18-8-20-46(44)42(53)56-24-27-9-5-4-6-10-27/h4-6,9-10,12-17,21-22,35H,7-8,11,18-20,23-26H2,1-3H3,(H,50,51)/t35-,44-/m0/s1. The third kappa shape index (κ3) is 8.05. The van der Waals surface area contributed by atoms with Crippen LogP contribution >= 0.6 is 0 Å². The summed E-state index contributed by atoms with van der Waals surface area (Å²) in [5.41, 5.74) is 1.37. The number of ketones is 2. The molecule has 0 bridgehead atoms. The molecule has 13 heteroatoms. The van der Waals surface area contributed by atoms with Gasteiger partial charge in [-0.25, -0.2) is 19.2 Å². The highest BCUT2D eigenvalue weighted by Crippen LogP contribution is 2.43. The van der Waals surface area contributed by atoms with Gasteiger partial charge in [-0.2, -0.15) is 0 Å². The van der Waals surface area contributed by atoms with Gasteiger partial charge in [0.1, 0.15) is 30.6 Å². The Labute approximate surface area is 329 Å². The van der Waals surface area contributed by atoms with E-state index in [9.17, 15) is 33.9 Å². The first-order valence-corrected chi connectivity index (χ1v) is 19.0. The van der Waals surface area contributed by atoms with Gasteiger partial charge in [-0.05, 0) is 86.7 Å². The zero-order valence-electron chi connectivity index (χ0n) is 32.1. The first-order valence-electron chi connectivity index (χ1n) is 19.0. The number of carbonyl (C=O) groups excluding carboxylic acids is 5. The molecule has 2 fully saturated rings. The molecule has 7 rings (SSSR count). The third-order valence-electron chi connectivity index (χ3n) is 10.6. The fourth-order valence-corrected chi connectivity index (χ4v) is 7.80. The van der Waals surface area contributed by atoms with Crippen molar-refractivity contribution in [3.05, 3.63) is 101 Å². The number of carbonyl (C=O) groups is 6. The van der Waals surface area contributed by atoms with Crippen LogP contribution in [0.25, 0.3) is 21.9 Å². The second-order valence-electron chi connectivity index (χ2n) is 15.6. The van der Waals surface area contributed by atoms with E-state index in [0.717, 1.165) is 27.6 Å². The van der Waals surface area contributed by atoms with Gasteiger partial charge in [0.25, 0.3) is 0 Å². The fraction of sp³-hybridized carbons (Fsp3) is 0.364. The minimum absolute atomic E-state index is 0.0168. The lowest BCUT2D eigenvalue weighted by Crippen LogP contribution is -2.54. The number of ether oxygens (including phenoxy) is 4. The van der Waals surface area contributed by atoms with E-state index in [1.807, 2.05) is 36.4 Å². The molecule has 0 unspecified atom stereocenters. The summed E-state index contributed by atoms with van der Waals surface area (Å²) in [4.78, 5) is 80.8. The highest BCUT2D eigenvalue weighted by Gasteiger charge is 2.52. The molecule has 3 aliphatic rings. The number of Topliss-reactive ketones (excluding diaryl/α,β-unsaturated/α-hetero) is 2. The van der Waals surface area contributed by atoms with Crippen LogP contribution in [0.5, 0.6) is 5.75 Å². The number of carboxylic acid groups (broad SMARTS) is 1. The van der Waals surface area contributed by atoms with E-state index in [0.29, 0.717) is 48.1 Å². The van der Waals surface area contributed by atoms with E-state index in [1.54, 1.807) is 63.2 Å². The largest absolute Gasteiger partial charge is 0.488 e. The van der Waals surface area contributed by atoms with Gasteiger partial charge < -0.3 is 24.1 Å². The quantitative estimate of drug-likeness (QED) is 0.0972. The summed E-state index contributed by atoms with van der Waals surface area (Å²) in [6.45, 7) is 5.44. The normalized spacial score (nSPS) is 18.6. The van der Waals surface area contributed by atoms with Crippen molar-refractivity contribution in [2.75, 3.05) is 19.7 Å². The van der Waals surface area contributed by atoms with E-state index < -0.39 is 65.9 Å². The van der Waals surface area contributed by atoms with Crippen LogP contribution in [0.4, 0.5) is 9.59 Å². The first kappa shape index (κ1) is 39.0. The molecule has 4 aromatic carbocycles. The minimum Gasteiger partial charge on any atom is -0.488 e. The second-order valence-corrected chi connectivity index (χ2v) is 15.6. The molecule has 0 aromatic heterocycles. The van der Waals surface area contributed by atoms with Crippen molar-refractivity contribution in [3.8, 4) is 16.9 Å². The molecular formula is C44H44N2O11. The predicted octanol–water partition coefficient (Wildman–Crippen LogP) is 7.35. The van der Waals surface area contributed by atoms with Crippen LogP contribution in [0.15, 0.2) is 78.9 Å². The minimum atomic E-state index is -1.73. The summed E-state index contributed by atoms with van der Waals surface area (Å²) < 4.78 is 22.5. The Morgan fingerprint density at radius 3 is 2.32 bits per heavy atom. The molecule has 0 saturated carbocycles. The van der Waals surface area contributed by atoms with Crippen LogP contribution < -0.4 is 4.74 Å². The maximum absolute atomic E-state index is 13.7. The maximum atomic E-state index is 13.7. The summed E-state index contributed by atoms with van der Waals surface area (Å²) >= 11 is 0. The van der Waals surface area contributed by atoms with Gasteiger partial charge in [0, 0.05) is 41.6 Å². The summed E-state index contributed by atoms with van der Waals surface area (Å²) in [5.74, 6) is -2.13. The van der Waals surface area contributed by atoms with E-state index in [1.165, 1.54) is 9.80 Å². The number of fused-ring (bicyclic) bond motifs is 5. The molecule has 296 valence electrons. The van der Waals surface area contributed by atoms with E-state index >= 15 is 0 Å². The molecule has 13 nitrogen and oxygen atoms in total. The number of rotatable bonds is 10. The lowest BCUT2D eigenvalue weighted by atomic mass is 9.87. The van der Waals surface area contributed by atoms with E-state index in [-0.39, 0.29) is 26.2 Å². The Kier molecular flexibility index (Phi) is 10.8. The highest BCUT2D eigenvalue weighted by molar-refractivity contribution is 6.06. The molecule has 1 N–H and O–H groups in total. The summed E-state index contributed by atoms with van der Waals surface area (Å²) in [5, 5.41) is 11.8. The van der Waals surface area contributed by atoms with Crippen LogP contribution in [0.2, 0.25) is 0 Å². The third-order valence-corrected chi connectivity index (χ3v) is 10.6. The van der Waals surface area contributed by atoms with Crippen LogP contribution in [-0.4, -0.2) is 87.5 Å². The van der Waals surface area contributed by atoms with Crippen molar-refractivity contribution in [1.82, 2.24) is 9.80 Å². The number of hydrogen-bond acceptors (Lipinski definition) is 10. The lowest BCUT2D eigenvalue weighted by molar-refractivity contribution is -0.149. The molecule has 2 saturated heterocycles. The molecule has 57 heavy (non-hydrogen) atoms. The summed E-state index contributed by atoms with van der Waals surface area (Å²) in [6, 6.07) is 22.3. The highest BCUT2D eigenvalue weighted by atomic mass is 16.6. The van der Waals surface area contributed by atoms with E-state index in [2.05, 4.69) is 0 Å². The van der Waals surface area contributed by atoms with Crippen molar-refractivity contribution in [2.24, 2.45) is 0 Å². The SMILES string of the molecule is CC(C)(C)OC(=O)N1CCC[C@H]1C(=O)OCC(=O)c1ccc2c(c1)COc1c-2ccc2cc(C(=O)C[C@]3(C(=O)O)CCCN3C(=O)OCc3ccccc3)ccc12. The molecule has 2 atom stereocenters. The number of likely N-dealkylation sites (tertiary alicyclic amines) is 2. The lowest BCUT2D eigenvalue weighted by Gasteiger charge is -2.33. The number of carboxylic acids is 1. The number of esters is 1. The topological polar surface area (TPSA) is 166 Å². The predicted molar refractivity (Wildman–Crippen MR) is 207 cm³/mol. The van der Waals surface area contributed by atoms with Crippen LogP contribution in [0.3, 0.4) is 0 Å². The molecule has 4 aromatic rings. The van der Waals surface area contributed by atoms with E-state index in [4.69, 9.17) is 18.9 Å².